The topological polar surface area (TPSA) is 43.6 Å². The van der Waals surface area contributed by atoms with E-state index in [2.05, 4.69) is 25.1 Å². The molecule has 0 radical (unpaired) electrons. The van der Waals surface area contributed by atoms with Crippen LogP contribution >= 0.6 is 23.1 Å². The molecule has 5 rings (SSSR count). The van der Waals surface area contributed by atoms with Crippen LogP contribution in [0.25, 0.3) is 10.6 Å². The Hall–Kier alpha value is -1.73. The fourth-order valence-corrected chi connectivity index (χ4v) is 4.76. The minimum atomic E-state index is -0.220. The first-order chi connectivity index (χ1) is 12.3. The van der Waals surface area contributed by atoms with Gasteiger partial charge in [-0.05, 0) is 49.9 Å². The van der Waals surface area contributed by atoms with Crippen molar-refractivity contribution in [3.05, 3.63) is 47.0 Å². The van der Waals surface area contributed by atoms with E-state index in [0.717, 1.165) is 27.2 Å². The van der Waals surface area contributed by atoms with Crippen molar-refractivity contribution in [1.29, 1.82) is 0 Å². The molecular weight excluding hydrogens is 355 g/mol. The normalized spacial score (nSPS) is 17.2. The van der Waals surface area contributed by atoms with Gasteiger partial charge in [0.25, 0.3) is 0 Å². The van der Waals surface area contributed by atoms with Gasteiger partial charge in [0.15, 0.2) is 5.16 Å². The van der Waals surface area contributed by atoms with Gasteiger partial charge in [0, 0.05) is 28.7 Å². The van der Waals surface area contributed by atoms with Gasteiger partial charge in [0.2, 0.25) is 0 Å². The van der Waals surface area contributed by atoms with Gasteiger partial charge in [-0.1, -0.05) is 11.8 Å². The third-order valence-corrected chi connectivity index (χ3v) is 6.45. The van der Waals surface area contributed by atoms with E-state index >= 15 is 0 Å². The molecule has 4 nitrogen and oxygen atoms in total. The molecule has 2 heterocycles. The summed E-state index contributed by atoms with van der Waals surface area (Å²) in [7, 11) is 0. The van der Waals surface area contributed by atoms with Crippen molar-refractivity contribution in [3.8, 4) is 10.6 Å². The van der Waals surface area contributed by atoms with Crippen molar-refractivity contribution >= 4 is 23.1 Å². The minimum absolute atomic E-state index is 0.220. The van der Waals surface area contributed by atoms with Crippen LogP contribution < -0.4 is 0 Å². The molecule has 0 bridgehead atoms. The number of thioether (sulfide) groups is 1. The van der Waals surface area contributed by atoms with Crippen LogP contribution in [0.15, 0.2) is 34.8 Å². The summed E-state index contributed by atoms with van der Waals surface area (Å²) in [5, 5.41) is 12.9. The molecule has 2 aliphatic rings. The number of halogens is 1. The Kier molecular flexibility index (Phi) is 3.86. The maximum Gasteiger partial charge on any atom is 0.191 e. The summed E-state index contributed by atoms with van der Waals surface area (Å²) in [4.78, 5) is 4.69. The van der Waals surface area contributed by atoms with E-state index < -0.39 is 0 Å². The first kappa shape index (κ1) is 15.5. The second-order valence-electron chi connectivity index (χ2n) is 6.66. The van der Waals surface area contributed by atoms with Crippen molar-refractivity contribution in [2.45, 2.75) is 48.6 Å². The SMILES string of the molecule is Fc1ccc(-c2nc(CSc3nnc(C4CC4)n3C3CC3)cs2)cc1. The fourth-order valence-electron chi connectivity index (χ4n) is 2.92. The first-order valence-corrected chi connectivity index (χ1v) is 10.4. The molecule has 7 heteroatoms. The summed E-state index contributed by atoms with van der Waals surface area (Å²) in [5.74, 6) is 2.39. The predicted octanol–water partition coefficient (Wildman–Crippen LogP) is 5.05. The Balaban J connectivity index is 1.31. The van der Waals surface area contributed by atoms with Gasteiger partial charge < -0.3 is 4.57 Å². The smallest absolute Gasteiger partial charge is 0.191 e. The number of rotatable bonds is 6. The number of aromatic nitrogens is 4. The molecule has 0 spiro atoms. The maximum absolute atomic E-state index is 13.1. The zero-order chi connectivity index (χ0) is 16.8. The van der Waals surface area contributed by atoms with Gasteiger partial charge in [-0.25, -0.2) is 9.37 Å². The standard InChI is InChI=1S/C18H17FN4S2/c19-13-5-3-12(4-6-13)17-20-14(9-24-17)10-25-18-22-21-16(11-1-2-11)23(18)15-7-8-15/h3-6,9,11,15H,1-2,7-8,10H2. The van der Waals surface area contributed by atoms with Crippen LogP contribution in [-0.2, 0) is 5.75 Å². The lowest BCUT2D eigenvalue weighted by atomic mass is 10.2. The summed E-state index contributed by atoms with van der Waals surface area (Å²) in [6, 6.07) is 7.11. The lowest BCUT2D eigenvalue weighted by molar-refractivity contribution is 0.627. The number of hydrogen-bond donors (Lipinski definition) is 0. The Labute approximate surface area is 153 Å². The third kappa shape index (κ3) is 3.22. The lowest BCUT2D eigenvalue weighted by Crippen LogP contribution is -2.01. The second-order valence-corrected chi connectivity index (χ2v) is 8.46. The summed E-state index contributed by atoms with van der Waals surface area (Å²) >= 11 is 3.32. The largest absolute Gasteiger partial charge is 0.303 e. The van der Waals surface area contributed by atoms with Crippen molar-refractivity contribution in [3.63, 3.8) is 0 Å². The molecule has 0 amide bonds. The van der Waals surface area contributed by atoms with Crippen LogP contribution in [0.5, 0.6) is 0 Å². The summed E-state index contributed by atoms with van der Waals surface area (Å²) < 4.78 is 15.4. The molecule has 0 aliphatic heterocycles. The Morgan fingerprint density at radius 2 is 1.92 bits per heavy atom. The molecule has 0 saturated heterocycles. The average Bonchev–Trinajstić information content (AvgIpc) is 3.55. The second kappa shape index (κ2) is 6.21. The monoisotopic (exact) mass is 372 g/mol. The highest BCUT2D eigenvalue weighted by atomic mass is 32.2. The fraction of sp³-hybridized carbons (Fsp3) is 0.389. The molecule has 3 aromatic rings. The van der Waals surface area contributed by atoms with Gasteiger partial charge in [-0.2, -0.15) is 0 Å². The molecule has 2 saturated carbocycles. The van der Waals surface area contributed by atoms with Crippen LogP contribution in [0, 0.1) is 5.82 Å². The predicted molar refractivity (Wildman–Crippen MR) is 97.3 cm³/mol. The summed E-state index contributed by atoms with van der Waals surface area (Å²) in [6.07, 6.45) is 5.00. The molecule has 1 aromatic carbocycles. The zero-order valence-electron chi connectivity index (χ0n) is 13.6. The molecule has 128 valence electrons. The number of nitrogens with zero attached hydrogens (tertiary/aromatic N) is 4. The molecule has 25 heavy (non-hydrogen) atoms. The Bertz CT molecular complexity index is 894. The third-order valence-electron chi connectivity index (χ3n) is 4.54. The minimum Gasteiger partial charge on any atom is -0.303 e. The first-order valence-electron chi connectivity index (χ1n) is 8.56. The molecule has 0 N–H and O–H groups in total. The van der Waals surface area contributed by atoms with Gasteiger partial charge >= 0.3 is 0 Å². The van der Waals surface area contributed by atoms with Gasteiger partial charge in [0.1, 0.15) is 16.6 Å². The van der Waals surface area contributed by atoms with Crippen LogP contribution in [0.2, 0.25) is 0 Å². The highest BCUT2D eigenvalue weighted by molar-refractivity contribution is 7.98. The van der Waals surface area contributed by atoms with Crippen molar-refractivity contribution in [2.24, 2.45) is 0 Å². The highest BCUT2D eigenvalue weighted by Crippen LogP contribution is 2.46. The molecule has 2 fully saturated rings. The van der Waals surface area contributed by atoms with Crippen molar-refractivity contribution in [1.82, 2.24) is 19.7 Å². The van der Waals surface area contributed by atoms with E-state index in [0.29, 0.717) is 12.0 Å². The average molecular weight is 372 g/mol. The molecule has 0 unspecified atom stereocenters. The quantitative estimate of drug-likeness (QED) is 0.568. The van der Waals surface area contributed by atoms with Crippen LogP contribution in [0.4, 0.5) is 4.39 Å². The van der Waals surface area contributed by atoms with Crippen LogP contribution in [-0.4, -0.2) is 19.7 Å². The van der Waals surface area contributed by atoms with Crippen molar-refractivity contribution in [2.75, 3.05) is 0 Å². The number of benzene rings is 1. The van der Waals surface area contributed by atoms with E-state index in [1.807, 2.05) is 0 Å². The van der Waals surface area contributed by atoms with E-state index in [-0.39, 0.29) is 5.82 Å². The van der Waals surface area contributed by atoms with E-state index in [4.69, 9.17) is 0 Å². The van der Waals surface area contributed by atoms with Gasteiger partial charge in [-0.15, -0.1) is 21.5 Å². The van der Waals surface area contributed by atoms with E-state index in [1.54, 1.807) is 35.2 Å². The van der Waals surface area contributed by atoms with Gasteiger partial charge in [0.05, 0.1) is 5.69 Å². The van der Waals surface area contributed by atoms with E-state index in [1.165, 1.54) is 43.6 Å². The molecular formula is C18H17FN4S2. The van der Waals surface area contributed by atoms with E-state index in [9.17, 15) is 4.39 Å². The Morgan fingerprint density at radius 3 is 2.64 bits per heavy atom. The summed E-state index contributed by atoms with van der Waals surface area (Å²) in [5.41, 5.74) is 1.99. The maximum atomic E-state index is 13.1. The molecule has 2 aromatic heterocycles. The number of thiazole rings is 1. The lowest BCUT2D eigenvalue weighted by Gasteiger charge is -2.07. The Morgan fingerprint density at radius 1 is 1.12 bits per heavy atom. The van der Waals surface area contributed by atoms with Crippen LogP contribution in [0.1, 0.15) is 49.2 Å². The zero-order valence-corrected chi connectivity index (χ0v) is 15.2. The van der Waals surface area contributed by atoms with Gasteiger partial charge in [-0.3, -0.25) is 0 Å². The molecule has 2 aliphatic carbocycles. The molecule has 0 atom stereocenters. The number of hydrogen-bond acceptors (Lipinski definition) is 5. The van der Waals surface area contributed by atoms with Crippen LogP contribution in [0.3, 0.4) is 0 Å². The van der Waals surface area contributed by atoms with Crippen molar-refractivity contribution < 1.29 is 4.39 Å². The highest BCUT2D eigenvalue weighted by Gasteiger charge is 2.36. The summed E-state index contributed by atoms with van der Waals surface area (Å²) in [6.45, 7) is 0.